The van der Waals surface area contributed by atoms with Gasteiger partial charge >= 0.3 is 10.1 Å². The molecule has 0 heterocycles. The molecule has 9 heteroatoms. The van der Waals surface area contributed by atoms with Gasteiger partial charge in [0.15, 0.2) is 5.44 Å². The van der Waals surface area contributed by atoms with Crippen molar-refractivity contribution in [2.45, 2.75) is 38.5 Å². The van der Waals surface area contributed by atoms with Crippen molar-refractivity contribution in [3.63, 3.8) is 0 Å². The molecule has 0 amide bonds. The zero-order valence-electron chi connectivity index (χ0n) is 16.3. The average Bonchev–Trinajstić information content (AvgIpc) is 2.63. The molecule has 156 valence electrons. The summed E-state index contributed by atoms with van der Waals surface area (Å²) >= 11 is 0. The Labute approximate surface area is 166 Å². The Morgan fingerprint density at radius 1 is 1.00 bits per heavy atom. The van der Waals surface area contributed by atoms with Gasteiger partial charge in [-0.3, -0.25) is 4.18 Å². The first kappa shape index (κ1) is 22.6. The molecule has 0 aliphatic heterocycles. The summed E-state index contributed by atoms with van der Waals surface area (Å²) < 4.78 is 63.9. The van der Waals surface area contributed by atoms with Gasteiger partial charge in [0.25, 0.3) is 10.1 Å². The molecule has 2 aromatic carbocycles. The van der Waals surface area contributed by atoms with Gasteiger partial charge < -0.3 is 8.92 Å². The van der Waals surface area contributed by atoms with Crippen LogP contribution in [0.3, 0.4) is 0 Å². The Hall–Kier alpha value is -1.68. The van der Waals surface area contributed by atoms with Gasteiger partial charge in [0.2, 0.25) is 0 Å². The molecule has 0 aliphatic carbocycles. The third kappa shape index (κ3) is 5.66. The van der Waals surface area contributed by atoms with E-state index in [9.17, 15) is 16.8 Å². The summed E-state index contributed by atoms with van der Waals surface area (Å²) in [5.74, 6) is 0.0859. The monoisotopic (exact) mass is 430 g/mol. The Kier molecular flexibility index (Phi) is 7.82. The Morgan fingerprint density at radius 2 is 1.71 bits per heavy atom. The highest BCUT2D eigenvalue weighted by Gasteiger charge is 2.25. The van der Waals surface area contributed by atoms with Crippen LogP contribution in [-0.4, -0.2) is 41.7 Å². The van der Waals surface area contributed by atoms with Crippen LogP contribution in [0.25, 0.3) is 10.8 Å². The Bertz CT molecular complexity index is 994. The first-order valence-electron chi connectivity index (χ1n) is 9.08. The molecule has 0 saturated heterocycles. The molecular formula is C19H26O7S2. The SMILES string of the molecule is CCCS(=O)(=O)Oc1ccc2ccccc2c1CCOS(=O)(=O)C(CC)OC. The van der Waals surface area contributed by atoms with Crippen LogP contribution in [0.15, 0.2) is 36.4 Å². The molecule has 7 nitrogen and oxygen atoms in total. The Balaban J connectivity index is 2.32. The van der Waals surface area contributed by atoms with Crippen molar-refractivity contribution in [1.29, 1.82) is 0 Å². The summed E-state index contributed by atoms with van der Waals surface area (Å²) in [7, 11) is -6.30. The van der Waals surface area contributed by atoms with Gasteiger partial charge in [-0.1, -0.05) is 44.2 Å². The summed E-state index contributed by atoms with van der Waals surface area (Å²) in [6, 6.07) is 10.8. The van der Waals surface area contributed by atoms with Gasteiger partial charge in [-0.15, -0.1) is 0 Å². The van der Waals surface area contributed by atoms with Gasteiger partial charge in [0.05, 0.1) is 12.4 Å². The molecule has 1 unspecified atom stereocenters. The molecule has 0 spiro atoms. The van der Waals surface area contributed by atoms with Crippen LogP contribution in [0.2, 0.25) is 0 Å². The van der Waals surface area contributed by atoms with Crippen LogP contribution in [-0.2, 0) is 35.6 Å². The maximum atomic E-state index is 12.2. The van der Waals surface area contributed by atoms with Crippen LogP contribution in [0, 0.1) is 0 Å². The summed E-state index contributed by atoms with van der Waals surface area (Å²) in [6.07, 6.45) is 0.858. The zero-order valence-corrected chi connectivity index (χ0v) is 17.9. The van der Waals surface area contributed by atoms with Crippen LogP contribution < -0.4 is 4.18 Å². The fourth-order valence-corrected chi connectivity index (χ4v) is 5.03. The van der Waals surface area contributed by atoms with Gasteiger partial charge in [-0.05, 0) is 29.7 Å². The molecule has 0 fully saturated rings. The zero-order chi connectivity index (χ0) is 20.8. The van der Waals surface area contributed by atoms with E-state index in [4.69, 9.17) is 13.1 Å². The van der Waals surface area contributed by atoms with Crippen molar-refractivity contribution in [3.05, 3.63) is 42.0 Å². The number of hydrogen-bond acceptors (Lipinski definition) is 7. The van der Waals surface area contributed by atoms with E-state index in [-0.39, 0.29) is 31.0 Å². The highest BCUT2D eigenvalue weighted by Crippen LogP contribution is 2.30. The predicted molar refractivity (Wildman–Crippen MR) is 108 cm³/mol. The lowest BCUT2D eigenvalue weighted by Crippen LogP contribution is -2.25. The van der Waals surface area contributed by atoms with Crippen molar-refractivity contribution < 1.29 is 29.9 Å². The fourth-order valence-electron chi connectivity index (χ4n) is 2.90. The number of ether oxygens (including phenoxy) is 1. The minimum atomic E-state index is -3.88. The summed E-state index contributed by atoms with van der Waals surface area (Å²) in [5.41, 5.74) is -0.459. The van der Waals surface area contributed by atoms with E-state index in [0.29, 0.717) is 12.0 Å². The highest BCUT2D eigenvalue weighted by molar-refractivity contribution is 7.87. The molecule has 0 saturated carbocycles. The Morgan fingerprint density at radius 3 is 2.36 bits per heavy atom. The third-order valence-electron chi connectivity index (χ3n) is 4.19. The first-order chi connectivity index (χ1) is 13.2. The van der Waals surface area contributed by atoms with Crippen molar-refractivity contribution in [3.8, 4) is 5.75 Å². The van der Waals surface area contributed by atoms with Crippen molar-refractivity contribution >= 4 is 31.0 Å². The summed E-state index contributed by atoms with van der Waals surface area (Å²) in [4.78, 5) is 0. The van der Waals surface area contributed by atoms with Crippen LogP contribution in [0.1, 0.15) is 32.3 Å². The molecule has 1 atom stereocenters. The standard InChI is InChI=1S/C19H26O7S2/c1-4-14-27(20,21)26-18-11-10-15-8-6-7-9-16(15)17(18)12-13-25-28(22,23)19(5-2)24-3/h6-11,19H,4-5,12-14H2,1-3H3. The highest BCUT2D eigenvalue weighted by atomic mass is 32.2. The van der Waals surface area contributed by atoms with E-state index in [1.807, 2.05) is 24.3 Å². The minimum Gasteiger partial charge on any atom is -0.382 e. The molecule has 0 aliphatic rings. The minimum absolute atomic E-state index is 0.101. The molecule has 28 heavy (non-hydrogen) atoms. The van der Waals surface area contributed by atoms with E-state index >= 15 is 0 Å². The van der Waals surface area contributed by atoms with Gasteiger partial charge in [-0.2, -0.15) is 16.8 Å². The van der Waals surface area contributed by atoms with Crippen molar-refractivity contribution in [2.24, 2.45) is 0 Å². The van der Waals surface area contributed by atoms with E-state index < -0.39 is 25.7 Å². The predicted octanol–water partition coefficient (Wildman–Crippen LogP) is 3.23. The molecule has 2 aromatic rings. The molecule has 0 radical (unpaired) electrons. The molecule has 0 bridgehead atoms. The topological polar surface area (TPSA) is 96.0 Å². The number of hydrogen-bond donors (Lipinski definition) is 0. The van der Waals surface area contributed by atoms with Crippen LogP contribution >= 0.6 is 0 Å². The molecule has 0 aromatic heterocycles. The second-order valence-corrected chi connectivity index (χ2v) is 9.68. The number of rotatable bonds is 11. The number of benzene rings is 2. The second kappa shape index (κ2) is 9.69. The van der Waals surface area contributed by atoms with Gasteiger partial charge in [0.1, 0.15) is 5.75 Å². The molecule has 0 N–H and O–H groups in total. The second-order valence-electron chi connectivity index (χ2n) is 6.25. The third-order valence-corrected chi connectivity index (χ3v) is 7.19. The molecular weight excluding hydrogens is 404 g/mol. The van der Waals surface area contributed by atoms with Crippen LogP contribution in [0.4, 0.5) is 0 Å². The van der Waals surface area contributed by atoms with Crippen molar-refractivity contribution in [2.75, 3.05) is 19.5 Å². The summed E-state index contributed by atoms with van der Waals surface area (Å²) in [6.45, 7) is 3.28. The number of fused-ring (bicyclic) bond motifs is 1. The lowest BCUT2D eigenvalue weighted by atomic mass is 10.0. The largest absolute Gasteiger partial charge is 0.382 e. The average molecular weight is 431 g/mol. The lowest BCUT2D eigenvalue weighted by Gasteiger charge is -2.16. The van der Waals surface area contributed by atoms with E-state index in [1.165, 1.54) is 7.11 Å². The molecule has 2 rings (SSSR count). The smallest absolute Gasteiger partial charge is 0.309 e. The quantitative estimate of drug-likeness (QED) is 0.505. The normalized spacial score (nSPS) is 13.5. The lowest BCUT2D eigenvalue weighted by molar-refractivity contribution is 0.143. The maximum Gasteiger partial charge on any atom is 0.309 e. The fraction of sp³-hybridized carbons (Fsp3) is 0.474. The van der Waals surface area contributed by atoms with Gasteiger partial charge in [0, 0.05) is 19.1 Å². The van der Waals surface area contributed by atoms with E-state index in [0.717, 1.165) is 10.8 Å². The van der Waals surface area contributed by atoms with E-state index in [1.54, 1.807) is 26.0 Å². The summed E-state index contributed by atoms with van der Waals surface area (Å²) in [5, 5.41) is 1.68. The van der Waals surface area contributed by atoms with Crippen LogP contribution in [0.5, 0.6) is 5.75 Å². The first-order valence-corrected chi connectivity index (χ1v) is 12.1. The number of methoxy groups -OCH3 is 1. The van der Waals surface area contributed by atoms with Crippen molar-refractivity contribution in [1.82, 2.24) is 0 Å². The van der Waals surface area contributed by atoms with E-state index in [2.05, 4.69) is 0 Å². The van der Waals surface area contributed by atoms with Gasteiger partial charge in [-0.25, -0.2) is 0 Å². The maximum absolute atomic E-state index is 12.2.